The summed E-state index contributed by atoms with van der Waals surface area (Å²) >= 11 is 0. The maximum atomic E-state index is 8.81. The van der Waals surface area contributed by atoms with E-state index in [2.05, 4.69) is 15.1 Å². The van der Waals surface area contributed by atoms with Gasteiger partial charge in [0.1, 0.15) is 5.82 Å². The number of pyridine rings is 2. The Balaban J connectivity index is 0.000000511. The highest BCUT2D eigenvalue weighted by molar-refractivity contribution is 7.69. The van der Waals surface area contributed by atoms with Gasteiger partial charge in [-0.1, -0.05) is 30.3 Å². The number of nitrogens with zero attached hydrogens (tertiary/aromatic N) is 2. The Morgan fingerprint density at radius 3 is 2.12 bits per heavy atom. The van der Waals surface area contributed by atoms with Gasteiger partial charge in [-0.15, -0.1) is 0 Å². The molecule has 0 aliphatic carbocycles. The predicted octanol–water partition coefficient (Wildman–Crippen LogP) is 1.87. The third-order valence-electron chi connectivity index (χ3n) is 3.28. The number of methoxy groups -OCH3 is 1. The van der Waals surface area contributed by atoms with Crippen LogP contribution in [0.3, 0.4) is 0 Å². The van der Waals surface area contributed by atoms with Crippen LogP contribution in [-0.2, 0) is 10.9 Å². The standard InChI is InChI=1S/C17H15N3O.H3NO2S/c1-21-16-8-7-13(10-19-16)15-9-14(11-20-17(15)18)12-5-3-2-4-6-12;1-4(2)3/h2-11H,1H3,(H2,18,20);4H,(H2,1,2,3). The van der Waals surface area contributed by atoms with Gasteiger partial charge in [-0.3, -0.25) is 0 Å². The molecule has 0 radical (unpaired) electrons. The van der Waals surface area contributed by atoms with Crippen LogP contribution < -0.4 is 15.6 Å². The molecular weight excluding hydrogens is 340 g/mol. The molecule has 4 N–H and O–H groups in total. The number of anilines is 1. The van der Waals surface area contributed by atoms with Gasteiger partial charge in [0.15, 0.2) is 10.9 Å². The van der Waals surface area contributed by atoms with Gasteiger partial charge in [-0.05, 0) is 17.7 Å². The molecule has 1 aromatic carbocycles. The second-order valence-electron chi connectivity index (χ2n) is 4.90. The summed E-state index contributed by atoms with van der Waals surface area (Å²) in [4.78, 5) is 8.50. The van der Waals surface area contributed by atoms with E-state index in [0.717, 1.165) is 22.3 Å². The number of thiol groups is 1. The minimum Gasteiger partial charge on any atom is -0.481 e. The van der Waals surface area contributed by atoms with Gasteiger partial charge in [0.05, 0.1) is 7.11 Å². The molecule has 3 rings (SSSR count). The lowest BCUT2D eigenvalue weighted by atomic mass is 10.0. The fourth-order valence-electron chi connectivity index (χ4n) is 2.16. The van der Waals surface area contributed by atoms with Gasteiger partial charge < -0.3 is 10.5 Å². The summed E-state index contributed by atoms with van der Waals surface area (Å²) in [5, 5.41) is 4.06. The molecular formula is C17H18N4O3S. The Hall–Kier alpha value is -2.97. The lowest BCUT2D eigenvalue weighted by molar-refractivity contribution is 0.398. The molecule has 0 saturated heterocycles. The molecule has 0 amide bonds. The predicted molar refractivity (Wildman–Crippen MR) is 98.4 cm³/mol. The first-order valence-corrected chi connectivity index (χ1v) is 8.46. The van der Waals surface area contributed by atoms with Crippen LogP contribution in [0.4, 0.5) is 5.82 Å². The minimum atomic E-state index is -2.62. The second kappa shape index (κ2) is 8.76. The van der Waals surface area contributed by atoms with E-state index in [9.17, 15) is 0 Å². The molecule has 25 heavy (non-hydrogen) atoms. The van der Waals surface area contributed by atoms with Crippen LogP contribution in [0.2, 0.25) is 0 Å². The van der Waals surface area contributed by atoms with Crippen LogP contribution >= 0.6 is 0 Å². The topological polar surface area (TPSA) is 121 Å². The molecule has 3 aromatic rings. The summed E-state index contributed by atoms with van der Waals surface area (Å²) < 4.78 is 22.7. The number of hydrogen-bond donors (Lipinski definition) is 3. The monoisotopic (exact) mass is 358 g/mol. The van der Waals surface area contributed by atoms with Crippen LogP contribution in [0.5, 0.6) is 5.88 Å². The number of nitrogen functional groups attached to an aromatic ring is 1. The Morgan fingerprint density at radius 1 is 0.920 bits per heavy atom. The van der Waals surface area contributed by atoms with Crippen LogP contribution in [0, 0.1) is 0 Å². The molecule has 130 valence electrons. The van der Waals surface area contributed by atoms with E-state index in [1.54, 1.807) is 19.5 Å². The quantitative estimate of drug-likeness (QED) is 0.615. The van der Waals surface area contributed by atoms with Crippen LogP contribution in [0.25, 0.3) is 22.3 Å². The smallest absolute Gasteiger partial charge is 0.212 e. The molecule has 2 aromatic heterocycles. The van der Waals surface area contributed by atoms with E-state index in [1.807, 2.05) is 48.5 Å². The van der Waals surface area contributed by atoms with Crippen molar-refractivity contribution in [1.82, 2.24) is 9.97 Å². The maximum absolute atomic E-state index is 8.81. The average molecular weight is 358 g/mol. The molecule has 0 aliphatic heterocycles. The number of rotatable bonds is 3. The SMILES string of the molecule is COc1ccc(-c2cc(-c3ccccc3)cnc2N)cn1.N[SH](=O)=O. The minimum absolute atomic E-state index is 0.488. The second-order valence-corrected chi connectivity index (χ2v) is 5.47. The van der Waals surface area contributed by atoms with E-state index < -0.39 is 10.9 Å². The van der Waals surface area contributed by atoms with E-state index in [-0.39, 0.29) is 0 Å². The summed E-state index contributed by atoms with van der Waals surface area (Å²) in [5.74, 6) is 1.06. The number of hydrogen-bond acceptors (Lipinski definition) is 6. The van der Waals surface area contributed by atoms with Crippen molar-refractivity contribution in [2.75, 3.05) is 12.8 Å². The summed E-state index contributed by atoms with van der Waals surface area (Å²) in [6.07, 6.45) is 3.52. The van der Waals surface area contributed by atoms with Crippen LogP contribution in [-0.4, -0.2) is 25.5 Å². The summed E-state index contributed by atoms with van der Waals surface area (Å²) in [7, 11) is -1.03. The molecule has 0 saturated carbocycles. The van der Waals surface area contributed by atoms with E-state index in [1.165, 1.54) is 0 Å². The highest BCUT2D eigenvalue weighted by Gasteiger charge is 2.07. The third kappa shape index (κ3) is 5.27. The average Bonchev–Trinajstić information content (AvgIpc) is 2.62. The number of benzene rings is 1. The van der Waals surface area contributed by atoms with Gasteiger partial charge in [0.25, 0.3) is 0 Å². The van der Waals surface area contributed by atoms with Crippen molar-refractivity contribution in [3.8, 4) is 28.1 Å². The molecule has 8 heteroatoms. The fourth-order valence-corrected chi connectivity index (χ4v) is 2.16. The molecule has 0 unspecified atom stereocenters. The third-order valence-corrected chi connectivity index (χ3v) is 3.28. The van der Waals surface area contributed by atoms with E-state index in [4.69, 9.17) is 18.9 Å². The first-order chi connectivity index (χ1) is 12.0. The lowest BCUT2D eigenvalue weighted by Gasteiger charge is -2.08. The Bertz CT molecular complexity index is 890. The van der Waals surface area contributed by atoms with Crippen LogP contribution in [0.15, 0.2) is 60.9 Å². The zero-order valence-corrected chi connectivity index (χ0v) is 14.4. The van der Waals surface area contributed by atoms with Gasteiger partial charge in [0, 0.05) is 35.2 Å². The normalized spacial score (nSPS) is 10.0. The van der Waals surface area contributed by atoms with Gasteiger partial charge >= 0.3 is 0 Å². The summed E-state index contributed by atoms with van der Waals surface area (Å²) in [6, 6.07) is 15.8. The molecule has 2 heterocycles. The number of nitrogens with two attached hydrogens (primary N) is 2. The molecule has 0 fully saturated rings. The van der Waals surface area contributed by atoms with Crippen molar-refractivity contribution in [3.63, 3.8) is 0 Å². The lowest BCUT2D eigenvalue weighted by Crippen LogP contribution is -1.96. The highest BCUT2D eigenvalue weighted by Crippen LogP contribution is 2.29. The van der Waals surface area contributed by atoms with Crippen molar-refractivity contribution in [3.05, 3.63) is 60.9 Å². The summed E-state index contributed by atoms with van der Waals surface area (Å²) in [6.45, 7) is 0. The zero-order chi connectivity index (χ0) is 18.2. The highest BCUT2D eigenvalue weighted by atomic mass is 32.2. The van der Waals surface area contributed by atoms with Gasteiger partial charge in [-0.2, -0.15) is 0 Å². The molecule has 0 atom stereocenters. The Labute approximate surface area is 147 Å². The van der Waals surface area contributed by atoms with Crippen molar-refractivity contribution in [2.24, 2.45) is 5.14 Å². The van der Waals surface area contributed by atoms with E-state index >= 15 is 0 Å². The first kappa shape index (κ1) is 18.4. The Kier molecular flexibility index (Phi) is 6.44. The van der Waals surface area contributed by atoms with E-state index in [0.29, 0.717) is 11.7 Å². The largest absolute Gasteiger partial charge is 0.481 e. The van der Waals surface area contributed by atoms with Gasteiger partial charge in [0.2, 0.25) is 5.88 Å². The van der Waals surface area contributed by atoms with Crippen LogP contribution in [0.1, 0.15) is 0 Å². The zero-order valence-electron chi connectivity index (χ0n) is 13.5. The Morgan fingerprint density at radius 2 is 1.56 bits per heavy atom. The molecule has 0 aliphatic rings. The number of aromatic nitrogens is 2. The molecule has 7 nitrogen and oxygen atoms in total. The molecule has 0 bridgehead atoms. The molecule has 0 spiro atoms. The van der Waals surface area contributed by atoms with Gasteiger partial charge in [-0.25, -0.2) is 23.5 Å². The van der Waals surface area contributed by atoms with Crippen molar-refractivity contribution in [1.29, 1.82) is 0 Å². The first-order valence-electron chi connectivity index (χ1n) is 7.21. The number of ether oxygens (including phenoxy) is 1. The van der Waals surface area contributed by atoms with Crippen molar-refractivity contribution >= 4 is 16.7 Å². The summed E-state index contributed by atoms with van der Waals surface area (Å²) in [5.41, 5.74) is 9.91. The van der Waals surface area contributed by atoms with Crippen molar-refractivity contribution in [2.45, 2.75) is 0 Å². The fraction of sp³-hybridized carbons (Fsp3) is 0.0588. The van der Waals surface area contributed by atoms with Crippen molar-refractivity contribution < 1.29 is 13.2 Å². The maximum Gasteiger partial charge on any atom is 0.212 e.